The van der Waals surface area contributed by atoms with Crippen LogP contribution in [0.4, 0.5) is 0 Å². The van der Waals surface area contributed by atoms with E-state index in [1.165, 1.54) is 27.7 Å². The third-order valence-electron chi connectivity index (χ3n) is 11.2. The second-order valence-electron chi connectivity index (χ2n) is 15.2. The maximum absolute atomic E-state index is 13.7. The zero-order chi connectivity index (χ0) is 38.2. The molecule has 4 rings (SSSR count). The number of carbonyl (C=O) groups is 5. The Bertz CT molecular complexity index is 1580. The molecule has 2 fully saturated rings. The van der Waals surface area contributed by atoms with Gasteiger partial charge in [0.05, 0.1) is 6.42 Å². The molecule has 12 heteroatoms. The molecule has 3 aliphatic carbocycles. The van der Waals surface area contributed by atoms with E-state index in [-0.39, 0.29) is 31.7 Å². The molecule has 2 saturated carbocycles. The highest BCUT2D eigenvalue weighted by molar-refractivity contribution is 5.71. The minimum Gasteiger partial charge on any atom is -0.459 e. The van der Waals surface area contributed by atoms with E-state index in [4.69, 9.17) is 23.7 Å². The Morgan fingerprint density at radius 3 is 1.92 bits per heavy atom. The molecule has 0 aliphatic heterocycles. The molecular formula is C39H53NO11. The highest BCUT2D eigenvalue weighted by Crippen LogP contribution is 2.62. The van der Waals surface area contributed by atoms with Crippen molar-refractivity contribution < 1.29 is 52.8 Å². The first-order chi connectivity index (χ1) is 23.6. The summed E-state index contributed by atoms with van der Waals surface area (Å²) in [5.74, 6) is -4.13. The van der Waals surface area contributed by atoms with Crippen LogP contribution in [0, 0.1) is 16.7 Å². The third kappa shape index (κ3) is 7.62. The minimum atomic E-state index is -1.96. The summed E-state index contributed by atoms with van der Waals surface area (Å²) in [7, 11) is 3.76. The molecule has 2 bridgehead atoms. The van der Waals surface area contributed by atoms with Crippen LogP contribution in [-0.2, 0) is 47.7 Å². The lowest BCUT2D eigenvalue weighted by Crippen LogP contribution is -2.71. The molecule has 12 nitrogen and oxygen atoms in total. The highest BCUT2D eigenvalue weighted by atomic mass is 16.6. The number of hydrogen-bond acceptors (Lipinski definition) is 12. The number of esters is 5. The molecule has 0 spiro atoms. The predicted octanol–water partition coefficient (Wildman–Crippen LogP) is 4.78. The van der Waals surface area contributed by atoms with Gasteiger partial charge in [-0.2, -0.15) is 0 Å². The fourth-order valence-electron chi connectivity index (χ4n) is 8.80. The van der Waals surface area contributed by atoms with Gasteiger partial charge in [0.15, 0.2) is 6.10 Å². The van der Waals surface area contributed by atoms with Gasteiger partial charge in [0, 0.05) is 56.9 Å². The summed E-state index contributed by atoms with van der Waals surface area (Å²) in [6.07, 6.45) is -5.32. The van der Waals surface area contributed by atoms with Gasteiger partial charge in [0.1, 0.15) is 30.0 Å². The van der Waals surface area contributed by atoms with E-state index in [0.29, 0.717) is 16.7 Å². The Labute approximate surface area is 300 Å². The molecule has 0 radical (unpaired) electrons. The van der Waals surface area contributed by atoms with Crippen molar-refractivity contribution in [3.63, 3.8) is 0 Å². The van der Waals surface area contributed by atoms with E-state index in [2.05, 4.69) is 6.58 Å². The molecule has 280 valence electrons. The van der Waals surface area contributed by atoms with Crippen LogP contribution in [0.15, 0.2) is 53.6 Å². The predicted molar refractivity (Wildman–Crippen MR) is 186 cm³/mol. The zero-order valence-electron chi connectivity index (χ0n) is 31.4. The topological polar surface area (TPSA) is 155 Å². The lowest BCUT2D eigenvalue weighted by molar-refractivity contribution is -0.243. The summed E-state index contributed by atoms with van der Waals surface area (Å²) in [5.41, 5.74) is -2.30. The van der Waals surface area contributed by atoms with Crippen molar-refractivity contribution in [1.82, 2.24) is 4.90 Å². The SMILES string of the molecule is C=C1[C@@H](OC(=O)C[C@H](c2ccccc2)N(C)C)CC[C@]2(C)[C@@H](OC(C)=O)[C@H](OC(C)=O)C3=C(C)[C@@H](OC(C)=O)C[C@@](O)([C@@H](OC(C)=O)[C@H]12)C3(C)C. The fraction of sp³-hybridized carbons (Fsp3) is 0.615. The van der Waals surface area contributed by atoms with Gasteiger partial charge < -0.3 is 33.7 Å². The molecule has 1 aromatic carbocycles. The van der Waals surface area contributed by atoms with Gasteiger partial charge in [-0.25, -0.2) is 0 Å². The number of fused-ring (bicyclic) bond motifs is 3. The Morgan fingerprint density at radius 2 is 1.39 bits per heavy atom. The number of nitrogens with zero attached hydrogens (tertiary/aromatic N) is 1. The van der Waals surface area contributed by atoms with Crippen molar-refractivity contribution in [1.29, 1.82) is 0 Å². The van der Waals surface area contributed by atoms with Crippen LogP contribution in [0.2, 0.25) is 0 Å². The number of benzene rings is 1. The van der Waals surface area contributed by atoms with E-state index in [9.17, 15) is 29.1 Å². The van der Waals surface area contributed by atoms with Crippen LogP contribution in [0.5, 0.6) is 0 Å². The van der Waals surface area contributed by atoms with E-state index >= 15 is 0 Å². The highest BCUT2D eigenvalue weighted by Gasteiger charge is 2.69. The summed E-state index contributed by atoms with van der Waals surface area (Å²) >= 11 is 0. The van der Waals surface area contributed by atoms with E-state index in [1.54, 1.807) is 20.8 Å². The van der Waals surface area contributed by atoms with Gasteiger partial charge in [-0.15, -0.1) is 0 Å². The first kappa shape index (κ1) is 39.8. The Morgan fingerprint density at radius 1 is 0.843 bits per heavy atom. The summed E-state index contributed by atoms with van der Waals surface area (Å²) in [4.78, 5) is 66.7. The van der Waals surface area contributed by atoms with Gasteiger partial charge in [-0.05, 0) is 56.1 Å². The van der Waals surface area contributed by atoms with Crippen molar-refractivity contribution in [3.8, 4) is 0 Å². The quantitative estimate of drug-likeness (QED) is 0.213. The first-order valence-corrected chi connectivity index (χ1v) is 17.4. The van der Waals surface area contributed by atoms with Crippen molar-refractivity contribution in [2.24, 2.45) is 16.7 Å². The second-order valence-corrected chi connectivity index (χ2v) is 15.2. The molecule has 1 N–H and O–H groups in total. The van der Waals surface area contributed by atoms with Gasteiger partial charge >= 0.3 is 29.8 Å². The molecule has 3 aliphatic rings. The van der Waals surface area contributed by atoms with Crippen LogP contribution in [0.1, 0.15) is 92.7 Å². The maximum atomic E-state index is 13.7. The Kier molecular flexibility index (Phi) is 11.6. The van der Waals surface area contributed by atoms with Crippen molar-refractivity contribution in [2.45, 2.75) is 123 Å². The summed E-state index contributed by atoms with van der Waals surface area (Å²) in [6, 6.07) is 9.31. The molecule has 0 aromatic heterocycles. The molecule has 51 heavy (non-hydrogen) atoms. The van der Waals surface area contributed by atoms with Crippen molar-refractivity contribution >= 4 is 29.8 Å². The summed E-state index contributed by atoms with van der Waals surface area (Å²) in [6.45, 7) is 16.3. The van der Waals surface area contributed by atoms with Crippen LogP contribution in [-0.4, -0.2) is 90.1 Å². The molecular weight excluding hydrogens is 658 g/mol. The van der Waals surface area contributed by atoms with Crippen molar-refractivity contribution in [3.05, 3.63) is 59.2 Å². The first-order valence-electron chi connectivity index (χ1n) is 17.4. The standard InChI is InChI=1S/C39H53NO11/c1-21-29(51-31(45)19-28(40(10)11)27-15-13-12-14-16-27)17-18-38(9)33(21)35(49-25(5)43)39(46)20-30(47-23(3)41)22(2)32(37(39,7)8)34(48-24(4)42)36(38)50-26(6)44/h12-16,28-30,33-36,46H,1,17-20H2,2-11H3/t28-,29+,30+,33+,34-,35+,36+,38+,39-/m1/s1. The smallest absolute Gasteiger partial charge is 0.308 e. The van der Waals surface area contributed by atoms with Gasteiger partial charge in [-0.1, -0.05) is 57.7 Å². The summed E-state index contributed by atoms with van der Waals surface area (Å²) in [5, 5.41) is 13.1. The van der Waals surface area contributed by atoms with Gasteiger partial charge in [0.25, 0.3) is 0 Å². The molecule has 0 amide bonds. The van der Waals surface area contributed by atoms with Gasteiger partial charge in [-0.3, -0.25) is 24.0 Å². The fourth-order valence-corrected chi connectivity index (χ4v) is 8.80. The van der Waals surface area contributed by atoms with Crippen molar-refractivity contribution in [2.75, 3.05) is 14.1 Å². The molecule has 0 unspecified atom stereocenters. The van der Waals surface area contributed by atoms with E-state index < -0.39 is 82.7 Å². The lowest BCUT2D eigenvalue weighted by atomic mass is 9.47. The maximum Gasteiger partial charge on any atom is 0.308 e. The van der Waals surface area contributed by atoms with Crippen LogP contribution in [0.25, 0.3) is 0 Å². The zero-order valence-corrected chi connectivity index (χ0v) is 31.4. The minimum absolute atomic E-state index is 0.0369. The number of aliphatic hydroxyl groups is 1. The van der Waals surface area contributed by atoms with E-state index in [0.717, 1.165) is 5.56 Å². The third-order valence-corrected chi connectivity index (χ3v) is 11.2. The average molecular weight is 712 g/mol. The molecule has 1 aromatic rings. The molecule has 0 saturated heterocycles. The van der Waals surface area contributed by atoms with Crippen LogP contribution < -0.4 is 0 Å². The number of carbonyl (C=O) groups excluding carboxylic acids is 5. The van der Waals surface area contributed by atoms with Gasteiger partial charge in [0.2, 0.25) is 0 Å². The number of rotatable bonds is 9. The average Bonchev–Trinajstić information content (AvgIpc) is 3.01. The Hall–Kier alpha value is -4.03. The largest absolute Gasteiger partial charge is 0.459 e. The molecule has 9 atom stereocenters. The van der Waals surface area contributed by atoms with Crippen LogP contribution in [0.3, 0.4) is 0 Å². The normalized spacial score (nSPS) is 32.0. The Balaban J connectivity index is 1.91. The molecule has 0 heterocycles. The second kappa shape index (κ2) is 14.9. The lowest BCUT2D eigenvalue weighted by Gasteiger charge is -2.63. The number of ether oxygens (including phenoxy) is 5. The number of hydrogen-bond donors (Lipinski definition) is 1. The summed E-state index contributed by atoms with van der Waals surface area (Å²) < 4.78 is 30.1. The van der Waals surface area contributed by atoms with Crippen LogP contribution >= 0.6 is 0 Å². The monoisotopic (exact) mass is 711 g/mol. The van der Waals surface area contributed by atoms with E-state index in [1.807, 2.05) is 56.3 Å².